The Morgan fingerprint density at radius 3 is 2.86 bits per heavy atom. The van der Waals surface area contributed by atoms with Crippen molar-refractivity contribution >= 4 is 33.7 Å². The van der Waals surface area contributed by atoms with E-state index in [1.807, 2.05) is 0 Å². The number of nitrogens with zero attached hydrogens (tertiary/aromatic N) is 4. The maximum absolute atomic E-state index is 11.7. The summed E-state index contributed by atoms with van der Waals surface area (Å²) in [6.07, 6.45) is 5.11. The van der Waals surface area contributed by atoms with Gasteiger partial charge in [0.05, 0.1) is 17.3 Å². The molecule has 112 valence electrons. The zero-order chi connectivity index (χ0) is 16.1. The Labute approximate surface area is 132 Å². The number of benzene rings is 1. The lowest BCUT2D eigenvalue weighted by Crippen LogP contribution is -2.19. The summed E-state index contributed by atoms with van der Waals surface area (Å²) in [5.41, 5.74) is 1.83. The van der Waals surface area contributed by atoms with Gasteiger partial charge >= 0.3 is 5.69 Å². The topological polar surface area (TPSA) is 131 Å². The third kappa shape index (κ3) is 3.61. The van der Waals surface area contributed by atoms with Crippen molar-refractivity contribution in [3.63, 3.8) is 0 Å². The van der Waals surface area contributed by atoms with Gasteiger partial charge in [-0.15, -0.1) is 0 Å². The van der Waals surface area contributed by atoms with Crippen LogP contribution in [0.5, 0.6) is 5.75 Å². The number of rotatable bonds is 4. The van der Waals surface area contributed by atoms with Gasteiger partial charge in [0, 0.05) is 28.5 Å². The number of hydrazone groups is 1. The molecule has 0 aliphatic heterocycles. The van der Waals surface area contributed by atoms with Gasteiger partial charge in [0.1, 0.15) is 5.69 Å². The first-order valence-electron chi connectivity index (χ1n) is 5.75. The monoisotopic (exact) mass is 365 g/mol. The Bertz CT molecular complexity index is 751. The second kappa shape index (κ2) is 6.72. The molecule has 0 unspecified atom stereocenters. The van der Waals surface area contributed by atoms with Gasteiger partial charge in [-0.05, 0) is 6.07 Å². The van der Waals surface area contributed by atoms with Crippen molar-refractivity contribution < 1.29 is 14.8 Å². The second-order valence-corrected chi connectivity index (χ2v) is 4.83. The van der Waals surface area contributed by atoms with Gasteiger partial charge in [0.25, 0.3) is 5.91 Å². The van der Waals surface area contributed by atoms with E-state index < -0.39 is 22.3 Å². The zero-order valence-corrected chi connectivity index (χ0v) is 12.4. The van der Waals surface area contributed by atoms with Crippen molar-refractivity contribution in [1.29, 1.82) is 0 Å². The van der Waals surface area contributed by atoms with Crippen molar-refractivity contribution in [3.05, 3.63) is 56.6 Å². The number of phenolic OH excluding ortho intramolecular Hbond substituents is 1. The van der Waals surface area contributed by atoms with Gasteiger partial charge in [0.15, 0.2) is 0 Å². The van der Waals surface area contributed by atoms with Crippen molar-refractivity contribution in [1.82, 2.24) is 15.4 Å². The molecule has 0 saturated heterocycles. The van der Waals surface area contributed by atoms with Crippen LogP contribution in [-0.4, -0.2) is 32.1 Å². The summed E-state index contributed by atoms with van der Waals surface area (Å²) in [7, 11) is 0. The average molecular weight is 366 g/mol. The number of hydrogen-bond donors (Lipinski definition) is 2. The molecule has 2 rings (SSSR count). The number of nitro groups is 1. The van der Waals surface area contributed by atoms with Crippen molar-refractivity contribution in [2.24, 2.45) is 5.10 Å². The Balaban J connectivity index is 2.17. The van der Waals surface area contributed by atoms with E-state index in [1.54, 1.807) is 0 Å². The number of carbonyl (C=O) groups excluding carboxylic acids is 1. The largest absolute Gasteiger partial charge is 0.502 e. The number of amides is 1. The lowest BCUT2D eigenvalue weighted by atomic mass is 10.2. The number of hydrogen-bond acceptors (Lipinski definition) is 7. The van der Waals surface area contributed by atoms with Crippen LogP contribution in [0.1, 0.15) is 16.1 Å². The van der Waals surface area contributed by atoms with Crippen LogP contribution in [-0.2, 0) is 0 Å². The molecule has 0 bridgehead atoms. The van der Waals surface area contributed by atoms with Crippen molar-refractivity contribution in [2.45, 2.75) is 0 Å². The summed E-state index contributed by atoms with van der Waals surface area (Å²) in [5, 5.41) is 24.2. The smallest absolute Gasteiger partial charge is 0.312 e. The van der Waals surface area contributed by atoms with Gasteiger partial charge in [-0.2, -0.15) is 5.10 Å². The molecule has 0 atom stereocenters. The minimum absolute atomic E-state index is 0.0593. The first kappa shape index (κ1) is 15.5. The third-order valence-corrected chi connectivity index (χ3v) is 2.90. The molecule has 22 heavy (non-hydrogen) atoms. The number of nitro benzene ring substituents is 1. The van der Waals surface area contributed by atoms with Crippen molar-refractivity contribution in [2.75, 3.05) is 0 Å². The SMILES string of the molecule is O=C(N/N=C\c1cc(Br)cc([N+](=O)[O-])c1O)c1cnccn1. The van der Waals surface area contributed by atoms with Gasteiger partial charge in [-0.3, -0.25) is 19.9 Å². The third-order valence-electron chi connectivity index (χ3n) is 2.45. The van der Waals surface area contributed by atoms with Crippen LogP contribution in [0.25, 0.3) is 0 Å². The predicted octanol–water partition coefficient (Wildman–Crippen LogP) is 1.62. The fourth-order valence-electron chi connectivity index (χ4n) is 1.48. The maximum Gasteiger partial charge on any atom is 0.312 e. The van der Waals surface area contributed by atoms with Crippen LogP contribution in [0, 0.1) is 10.1 Å². The lowest BCUT2D eigenvalue weighted by molar-refractivity contribution is -0.385. The highest BCUT2D eigenvalue weighted by molar-refractivity contribution is 9.10. The zero-order valence-electron chi connectivity index (χ0n) is 10.8. The van der Waals surface area contributed by atoms with E-state index in [9.17, 15) is 20.0 Å². The molecule has 0 spiro atoms. The first-order chi connectivity index (χ1) is 10.5. The van der Waals surface area contributed by atoms with E-state index in [1.165, 1.54) is 24.7 Å². The summed E-state index contributed by atoms with van der Waals surface area (Å²) in [5.74, 6) is -1.15. The molecule has 0 aliphatic rings. The van der Waals surface area contributed by atoms with Crippen LogP contribution >= 0.6 is 15.9 Å². The number of aromatic hydroxyl groups is 1. The van der Waals surface area contributed by atoms with Gasteiger partial charge in [0.2, 0.25) is 5.75 Å². The molecule has 1 amide bonds. The summed E-state index contributed by atoms with van der Waals surface area (Å²) in [6.45, 7) is 0. The van der Waals surface area contributed by atoms with E-state index in [0.717, 1.165) is 12.3 Å². The Kier molecular flexibility index (Phi) is 4.73. The molecule has 10 heteroatoms. The van der Waals surface area contributed by atoms with Crippen LogP contribution in [0.15, 0.2) is 40.3 Å². The van der Waals surface area contributed by atoms with Crippen LogP contribution < -0.4 is 5.43 Å². The summed E-state index contributed by atoms with van der Waals surface area (Å²) < 4.78 is 0.388. The summed E-state index contributed by atoms with van der Waals surface area (Å²) >= 11 is 3.09. The molecule has 1 aromatic heterocycles. The minimum Gasteiger partial charge on any atom is -0.502 e. The molecule has 0 fully saturated rings. The number of aromatic nitrogens is 2. The van der Waals surface area contributed by atoms with E-state index in [4.69, 9.17) is 0 Å². The molecule has 1 aromatic carbocycles. The van der Waals surface area contributed by atoms with Crippen molar-refractivity contribution in [3.8, 4) is 5.75 Å². The van der Waals surface area contributed by atoms with E-state index >= 15 is 0 Å². The van der Waals surface area contributed by atoms with Gasteiger partial charge in [-0.1, -0.05) is 15.9 Å². The van der Waals surface area contributed by atoms with Gasteiger partial charge in [-0.25, -0.2) is 10.4 Å². The molecule has 0 saturated carbocycles. The van der Waals surface area contributed by atoms with Crippen LogP contribution in [0.3, 0.4) is 0 Å². The number of carbonyl (C=O) groups is 1. The first-order valence-corrected chi connectivity index (χ1v) is 6.54. The van der Waals surface area contributed by atoms with E-state index in [-0.39, 0.29) is 11.3 Å². The fourth-order valence-corrected chi connectivity index (χ4v) is 1.94. The van der Waals surface area contributed by atoms with E-state index in [2.05, 4.69) is 36.4 Å². The molecule has 1 heterocycles. The number of nitrogens with one attached hydrogen (secondary N) is 1. The standard InChI is InChI=1S/C12H8BrN5O4/c13-8-3-7(11(19)10(4-8)18(21)22)5-16-17-12(20)9-6-14-1-2-15-9/h1-6,19H,(H,17,20)/b16-5-. The molecule has 0 aliphatic carbocycles. The Morgan fingerprint density at radius 1 is 1.45 bits per heavy atom. The highest BCUT2D eigenvalue weighted by Gasteiger charge is 2.17. The molecule has 2 N–H and O–H groups in total. The van der Waals surface area contributed by atoms with Crippen LogP contribution in [0.4, 0.5) is 5.69 Å². The van der Waals surface area contributed by atoms with Crippen LogP contribution in [0.2, 0.25) is 0 Å². The Hall–Kier alpha value is -2.88. The molecular formula is C12H8BrN5O4. The summed E-state index contributed by atoms with van der Waals surface area (Å²) in [6, 6.07) is 2.57. The lowest BCUT2D eigenvalue weighted by Gasteiger charge is -2.02. The second-order valence-electron chi connectivity index (χ2n) is 3.91. The quantitative estimate of drug-likeness (QED) is 0.480. The normalized spacial score (nSPS) is 10.6. The number of phenols is 1. The molecule has 2 aromatic rings. The fraction of sp³-hybridized carbons (Fsp3) is 0. The Morgan fingerprint density at radius 2 is 2.23 bits per heavy atom. The molecule has 9 nitrogen and oxygen atoms in total. The minimum atomic E-state index is -0.727. The highest BCUT2D eigenvalue weighted by Crippen LogP contribution is 2.32. The average Bonchev–Trinajstić information content (AvgIpc) is 2.50. The molecular weight excluding hydrogens is 358 g/mol. The van der Waals surface area contributed by atoms with E-state index in [0.29, 0.717) is 4.47 Å². The highest BCUT2D eigenvalue weighted by atomic mass is 79.9. The van der Waals surface area contributed by atoms with Gasteiger partial charge < -0.3 is 5.11 Å². The number of halogens is 1. The predicted molar refractivity (Wildman–Crippen MR) is 79.6 cm³/mol. The maximum atomic E-state index is 11.7. The molecule has 0 radical (unpaired) electrons. The summed E-state index contributed by atoms with van der Waals surface area (Å²) in [4.78, 5) is 29.2.